The van der Waals surface area contributed by atoms with Crippen LogP contribution in [0.25, 0.3) is 11.1 Å². The third-order valence-corrected chi connectivity index (χ3v) is 2.64. The number of carboxylic acid groups (broad SMARTS) is 1. The number of aromatic carboxylic acids is 1. The third kappa shape index (κ3) is 1.75. The van der Waals surface area contributed by atoms with Crippen molar-refractivity contribution >= 4 is 27.1 Å². The number of pyridine rings is 1. The molecule has 0 saturated carbocycles. The standard InChI is InChI=1S/C8H6N2O5S/c9-16(13,14)6-2-4-1-5(8(11)12)3-10-7(4)15-6/h1-3H,(H,11,12)(H2,9,13,14). The van der Waals surface area contributed by atoms with Crippen molar-refractivity contribution in [2.45, 2.75) is 5.09 Å². The van der Waals surface area contributed by atoms with Crippen molar-refractivity contribution < 1.29 is 22.7 Å². The predicted molar refractivity (Wildman–Crippen MR) is 52.3 cm³/mol. The summed E-state index contributed by atoms with van der Waals surface area (Å²) in [7, 11) is -3.95. The van der Waals surface area contributed by atoms with Crippen molar-refractivity contribution in [2.24, 2.45) is 5.14 Å². The zero-order valence-corrected chi connectivity index (χ0v) is 8.56. The first-order chi connectivity index (χ1) is 7.38. The van der Waals surface area contributed by atoms with Crippen molar-refractivity contribution in [3.05, 3.63) is 23.9 Å². The molecule has 0 radical (unpaired) electrons. The van der Waals surface area contributed by atoms with E-state index in [0.717, 1.165) is 12.3 Å². The Hall–Kier alpha value is -1.93. The summed E-state index contributed by atoms with van der Waals surface area (Å²) in [5.41, 5.74) is -0.0386. The number of furan rings is 1. The molecule has 16 heavy (non-hydrogen) atoms. The molecule has 2 rings (SSSR count). The van der Waals surface area contributed by atoms with Gasteiger partial charge >= 0.3 is 5.97 Å². The molecule has 8 heteroatoms. The van der Waals surface area contributed by atoms with Crippen LogP contribution in [0, 0.1) is 0 Å². The first-order valence-electron chi connectivity index (χ1n) is 4.03. The van der Waals surface area contributed by atoms with Gasteiger partial charge in [-0.2, -0.15) is 0 Å². The second kappa shape index (κ2) is 3.29. The van der Waals surface area contributed by atoms with E-state index in [1.807, 2.05) is 0 Å². The van der Waals surface area contributed by atoms with E-state index in [0.29, 0.717) is 0 Å². The van der Waals surface area contributed by atoms with Crippen LogP contribution in [0.3, 0.4) is 0 Å². The number of nitrogens with two attached hydrogens (primary N) is 1. The Labute approximate surface area is 89.5 Å². The van der Waals surface area contributed by atoms with Crippen LogP contribution in [0.2, 0.25) is 0 Å². The average Bonchev–Trinajstić information content (AvgIpc) is 2.58. The molecule has 0 saturated heterocycles. The van der Waals surface area contributed by atoms with Crippen LogP contribution in [-0.4, -0.2) is 24.5 Å². The van der Waals surface area contributed by atoms with Gasteiger partial charge in [-0.25, -0.2) is 23.3 Å². The maximum atomic E-state index is 11.0. The summed E-state index contributed by atoms with van der Waals surface area (Å²) in [6.07, 6.45) is 1.07. The van der Waals surface area contributed by atoms with Gasteiger partial charge in [-0.05, 0) is 6.07 Å². The number of carbonyl (C=O) groups is 1. The summed E-state index contributed by atoms with van der Waals surface area (Å²) in [4.78, 5) is 14.3. The highest BCUT2D eigenvalue weighted by molar-refractivity contribution is 7.89. The minimum absolute atomic E-state index is 0.0222. The number of sulfonamides is 1. The lowest BCUT2D eigenvalue weighted by molar-refractivity contribution is 0.0696. The van der Waals surface area contributed by atoms with Gasteiger partial charge in [-0.3, -0.25) is 0 Å². The summed E-state index contributed by atoms with van der Waals surface area (Å²) >= 11 is 0. The molecule has 84 valence electrons. The van der Waals surface area contributed by atoms with Gasteiger partial charge in [-0.15, -0.1) is 0 Å². The topological polar surface area (TPSA) is 123 Å². The zero-order chi connectivity index (χ0) is 11.9. The maximum absolute atomic E-state index is 11.0. The second-order valence-electron chi connectivity index (χ2n) is 3.03. The van der Waals surface area contributed by atoms with Crippen LogP contribution < -0.4 is 5.14 Å². The molecule has 0 aliphatic heterocycles. The number of hydrogen-bond donors (Lipinski definition) is 2. The highest BCUT2D eigenvalue weighted by Gasteiger charge is 2.16. The number of nitrogens with zero attached hydrogens (tertiary/aromatic N) is 1. The number of aromatic nitrogens is 1. The van der Waals surface area contributed by atoms with Gasteiger partial charge in [0, 0.05) is 17.6 Å². The first kappa shape index (κ1) is 10.6. The Kier molecular flexibility index (Phi) is 2.17. The van der Waals surface area contributed by atoms with Gasteiger partial charge < -0.3 is 9.52 Å². The molecule has 3 N–H and O–H groups in total. The third-order valence-electron chi connectivity index (χ3n) is 1.88. The van der Waals surface area contributed by atoms with E-state index < -0.39 is 21.1 Å². The predicted octanol–water partition coefficient (Wildman–Crippen LogP) is 0.173. The summed E-state index contributed by atoms with van der Waals surface area (Å²) in [6, 6.07) is 2.38. The summed E-state index contributed by atoms with van der Waals surface area (Å²) in [6.45, 7) is 0. The minimum Gasteiger partial charge on any atom is -0.478 e. The van der Waals surface area contributed by atoms with E-state index in [2.05, 4.69) is 4.98 Å². The molecular formula is C8H6N2O5S. The van der Waals surface area contributed by atoms with E-state index in [-0.39, 0.29) is 16.7 Å². The lowest BCUT2D eigenvalue weighted by Gasteiger charge is -1.91. The second-order valence-corrected chi connectivity index (χ2v) is 4.53. The van der Waals surface area contributed by atoms with E-state index in [4.69, 9.17) is 14.7 Å². The first-order valence-corrected chi connectivity index (χ1v) is 5.58. The lowest BCUT2D eigenvalue weighted by Crippen LogP contribution is -2.10. The molecule has 0 aromatic carbocycles. The number of hydrogen-bond acceptors (Lipinski definition) is 5. The number of primary sulfonamides is 1. The van der Waals surface area contributed by atoms with Crippen molar-refractivity contribution in [3.8, 4) is 0 Å². The van der Waals surface area contributed by atoms with Gasteiger partial charge in [0.1, 0.15) is 0 Å². The molecular weight excluding hydrogens is 236 g/mol. The van der Waals surface area contributed by atoms with Gasteiger partial charge in [-0.1, -0.05) is 0 Å². The van der Waals surface area contributed by atoms with Crippen molar-refractivity contribution in [3.63, 3.8) is 0 Å². The van der Waals surface area contributed by atoms with Crippen LogP contribution in [0.5, 0.6) is 0 Å². The van der Waals surface area contributed by atoms with Crippen LogP contribution in [0.4, 0.5) is 0 Å². The fourth-order valence-electron chi connectivity index (χ4n) is 1.17. The summed E-state index contributed by atoms with van der Waals surface area (Å²) in [5.74, 6) is -1.16. The van der Waals surface area contributed by atoms with E-state index in [9.17, 15) is 13.2 Å². The SMILES string of the molecule is NS(=O)(=O)c1cc2cc(C(=O)O)cnc2o1. The molecule has 2 aromatic heterocycles. The molecule has 0 aliphatic rings. The fraction of sp³-hybridized carbons (Fsp3) is 0. The van der Waals surface area contributed by atoms with Crippen molar-refractivity contribution in [1.82, 2.24) is 4.98 Å². The van der Waals surface area contributed by atoms with E-state index in [1.54, 1.807) is 0 Å². The van der Waals surface area contributed by atoms with Gasteiger partial charge in [0.2, 0.25) is 10.8 Å². The van der Waals surface area contributed by atoms with Crippen LogP contribution in [-0.2, 0) is 10.0 Å². The average molecular weight is 242 g/mol. The molecule has 0 fully saturated rings. The Bertz CT molecular complexity index is 673. The largest absolute Gasteiger partial charge is 0.478 e. The van der Waals surface area contributed by atoms with Crippen molar-refractivity contribution in [2.75, 3.05) is 0 Å². The quantitative estimate of drug-likeness (QED) is 0.773. The van der Waals surface area contributed by atoms with Crippen LogP contribution in [0.15, 0.2) is 27.8 Å². The lowest BCUT2D eigenvalue weighted by atomic mass is 10.2. The minimum atomic E-state index is -3.95. The molecule has 7 nitrogen and oxygen atoms in total. The molecule has 0 amide bonds. The molecule has 0 atom stereocenters. The molecule has 0 unspecified atom stereocenters. The Balaban J connectivity index is 2.68. The monoisotopic (exact) mass is 242 g/mol. The number of rotatable bonds is 2. The number of fused-ring (bicyclic) bond motifs is 1. The van der Waals surface area contributed by atoms with Gasteiger partial charge in [0.05, 0.1) is 5.56 Å². The summed E-state index contributed by atoms with van der Waals surface area (Å²) < 4.78 is 26.8. The van der Waals surface area contributed by atoms with Gasteiger partial charge in [0.25, 0.3) is 10.0 Å². The molecule has 2 heterocycles. The molecule has 0 aliphatic carbocycles. The smallest absolute Gasteiger partial charge is 0.337 e. The summed E-state index contributed by atoms with van der Waals surface area (Å²) in [5, 5.41) is 13.4. The Morgan fingerprint density at radius 3 is 2.69 bits per heavy atom. The molecule has 2 aromatic rings. The van der Waals surface area contributed by atoms with Crippen molar-refractivity contribution in [1.29, 1.82) is 0 Å². The zero-order valence-electron chi connectivity index (χ0n) is 7.75. The van der Waals surface area contributed by atoms with E-state index in [1.165, 1.54) is 6.07 Å². The highest BCUT2D eigenvalue weighted by atomic mass is 32.2. The maximum Gasteiger partial charge on any atom is 0.337 e. The Morgan fingerprint density at radius 1 is 1.44 bits per heavy atom. The van der Waals surface area contributed by atoms with Crippen LogP contribution in [0.1, 0.15) is 10.4 Å². The number of carboxylic acids is 1. The molecule has 0 bridgehead atoms. The highest BCUT2D eigenvalue weighted by Crippen LogP contribution is 2.20. The molecule has 0 spiro atoms. The van der Waals surface area contributed by atoms with Crippen LogP contribution >= 0.6 is 0 Å². The Morgan fingerprint density at radius 2 is 2.12 bits per heavy atom. The normalized spacial score (nSPS) is 11.8. The fourth-order valence-corrected chi connectivity index (χ4v) is 1.65. The van der Waals surface area contributed by atoms with Gasteiger partial charge in [0.15, 0.2) is 0 Å². The van der Waals surface area contributed by atoms with E-state index >= 15 is 0 Å².